The highest BCUT2D eigenvalue weighted by atomic mass is 31.2. The van der Waals surface area contributed by atoms with Crippen LogP contribution in [0.2, 0.25) is 19.6 Å². The second-order valence-corrected chi connectivity index (χ2v) is 17.7. The third-order valence-corrected chi connectivity index (χ3v) is 8.83. The predicted molar refractivity (Wildman–Crippen MR) is 70.3 cm³/mol. The van der Waals surface area contributed by atoms with Gasteiger partial charge in [-0.2, -0.15) is 0 Å². The molecule has 0 saturated carbocycles. The van der Waals surface area contributed by atoms with Gasteiger partial charge in [0.25, 0.3) is 0 Å². The van der Waals surface area contributed by atoms with Crippen molar-refractivity contribution < 1.29 is 4.21 Å². The van der Waals surface area contributed by atoms with Crippen LogP contribution in [0, 0.1) is 0 Å². The van der Waals surface area contributed by atoms with Crippen LogP contribution in [0.5, 0.6) is 0 Å². The minimum atomic E-state index is -1.45. The molecule has 0 N–H and O–H groups in total. The van der Waals surface area contributed by atoms with Crippen molar-refractivity contribution in [2.24, 2.45) is 4.52 Å². The fourth-order valence-electron chi connectivity index (χ4n) is 1.33. The van der Waals surface area contributed by atoms with Crippen molar-refractivity contribution in [3.05, 3.63) is 0 Å². The molecule has 0 aliphatic carbocycles. The zero-order valence-corrected chi connectivity index (χ0v) is 13.0. The molecule has 0 aromatic carbocycles. The highest BCUT2D eigenvalue weighted by molar-refractivity contribution is 7.78. The molecule has 0 rings (SSSR count). The highest BCUT2D eigenvalue weighted by Crippen LogP contribution is 2.63. The summed E-state index contributed by atoms with van der Waals surface area (Å²) < 4.78 is 11.0. The first kappa shape index (κ1) is 13.8. The van der Waals surface area contributed by atoms with Crippen molar-refractivity contribution in [1.29, 1.82) is 0 Å². The lowest BCUT2D eigenvalue weighted by Gasteiger charge is -2.22. The first-order valence-corrected chi connectivity index (χ1v) is 13.6. The predicted octanol–water partition coefficient (Wildman–Crippen LogP) is 4.04. The first-order chi connectivity index (χ1) is 5.41. The Hall–Kier alpha value is 0.837. The highest BCUT2D eigenvalue weighted by Gasteiger charge is 2.35. The van der Waals surface area contributed by atoms with Gasteiger partial charge in [0, 0.05) is 7.05 Å². The van der Waals surface area contributed by atoms with E-state index in [0.29, 0.717) is 0 Å². The summed E-state index contributed by atoms with van der Waals surface area (Å²) in [6.07, 6.45) is 0. The fourth-order valence-corrected chi connectivity index (χ4v) is 12.3. The van der Waals surface area contributed by atoms with Crippen molar-refractivity contribution in [2.45, 2.75) is 19.6 Å². The van der Waals surface area contributed by atoms with Gasteiger partial charge >= 0.3 is 0 Å². The minimum absolute atomic E-state index is 1.05. The van der Waals surface area contributed by atoms with E-state index < -0.39 is 23.0 Å². The van der Waals surface area contributed by atoms with E-state index in [1.54, 1.807) is 0 Å². The van der Waals surface area contributed by atoms with E-state index in [-0.39, 0.29) is 0 Å². The third-order valence-electron chi connectivity index (χ3n) is 0.981. The summed E-state index contributed by atoms with van der Waals surface area (Å²) in [6.45, 7) is 17.8. The van der Waals surface area contributed by atoms with Gasteiger partial charge in [0.15, 0.2) is 0 Å². The molecule has 0 aromatic heterocycles. The number of hydrogen-bond acceptors (Lipinski definition) is 2. The summed E-state index contributed by atoms with van der Waals surface area (Å²) >= 11 is 0. The Balaban J connectivity index is 4.62. The fraction of sp³-hybridized carbons (Fsp3) is 1.00. The van der Waals surface area contributed by atoms with Gasteiger partial charge in [-0.05, 0) is 39.6 Å². The second-order valence-electron chi connectivity index (χ2n) is 5.53. The second kappa shape index (κ2) is 4.14. The van der Waals surface area contributed by atoms with E-state index in [1.807, 2.05) is 0 Å². The van der Waals surface area contributed by atoms with Crippen molar-refractivity contribution >= 4 is 23.0 Å². The van der Waals surface area contributed by atoms with Crippen molar-refractivity contribution in [1.82, 2.24) is 0 Å². The normalized spacial score (nSPS) is 14.5. The van der Waals surface area contributed by atoms with Crippen LogP contribution in [-0.4, -0.2) is 41.6 Å². The lowest BCUT2D eigenvalue weighted by Crippen LogP contribution is -2.24. The monoisotopic (exact) mass is 240 g/mol. The zero-order chi connectivity index (χ0) is 10.9. The van der Waals surface area contributed by atoms with Crippen LogP contribution in [0.4, 0.5) is 0 Å². The van der Waals surface area contributed by atoms with E-state index in [2.05, 4.69) is 53.0 Å². The molecule has 0 unspecified atom stereocenters. The van der Waals surface area contributed by atoms with Gasteiger partial charge in [0.1, 0.15) is 0 Å². The minimum Gasteiger partial charge on any atom is -0.260 e. The standard InChI is InChI=1S/C8H24NOP2Si/c1-11(2,3)9-12(4,5)10-13(6,7)8/h1-8H3/q+1. The molecule has 0 amide bonds. The molecule has 0 spiro atoms. The molecule has 13 heavy (non-hydrogen) atoms. The van der Waals surface area contributed by atoms with E-state index in [1.165, 1.54) is 0 Å². The van der Waals surface area contributed by atoms with Crippen LogP contribution < -0.4 is 0 Å². The average Bonchev–Trinajstić information content (AvgIpc) is 1.43. The molecule has 0 fully saturated rings. The Morgan fingerprint density at radius 1 is 1.08 bits per heavy atom. The number of nitrogens with zero attached hydrogens (tertiary/aromatic N) is 1. The summed E-state index contributed by atoms with van der Waals surface area (Å²) in [6, 6.07) is 0. The Labute approximate surface area is 85.1 Å². The van der Waals surface area contributed by atoms with Crippen molar-refractivity contribution in [2.75, 3.05) is 33.3 Å². The lowest BCUT2D eigenvalue weighted by atomic mass is 11.8. The smallest absolute Gasteiger partial charge is 0.245 e. The molecule has 0 atom stereocenters. The van der Waals surface area contributed by atoms with Gasteiger partial charge in [-0.15, -0.1) is 4.52 Å². The molecule has 0 radical (unpaired) electrons. The maximum Gasteiger partial charge on any atom is 0.245 e. The quantitative estimate of drug-likeness (QED) is 0.539. The zero-order valence-electron chi connectivity index (χ0n) is 10.2. The molecule has 80 valence electrons. The van der Waals surface area contributed by atoms with Gasteiger partial charge in [0.05, 0.1) is 13.3 Å². The van der Waals surface area contributed by atoms with Gasteiger partial charge in [0.2, 0.25) is 16.0 Å². The molecule has 0 saturated heterocycles. The summed E-state index contributed by atoms with van der Waals surface area (Å²) in [5.74, 6) is 0. The molecule has 0 aromatic rings. The first-order valence-electron chi connectivity index (χ1n) is 4.52. The van der Waals surface area contributed by atoms with Crippen LogP contribution in [0.15, 0.2) is 4.52 Å². The Morgan fingerprint density at radius 3 is 1.69 bits per heavy atom. The largest absolute Gasteiger partial charge is 0.260 e. The van der Waals surface area contributed by atoms with Crippen LogP contribution in [0.3, 0.4) is 0 Å². The lowest BCUT2D eigenvalue weighted by molar-refractivity contribution is 0.608. The summed E-state index contributed by atoms with van der Waals surface area (Å²) in [5.41, 5.74) is 0. The molecule has 0 aliphatic heterocycles. The maximum absolute atomic E-state index is 6.11. The van der Waals surface area contributed by atoms with Crippen LogP contribution >= 0.6 is 14.7 Å². The van der Waals surface area contributed by atoms with E-state index in [0.717, 1.165) is 0 Å². The van der Waals surface area contributed by atoms with Crippen LogP contribution in [-0.2, 0) is 4.21 Å². The molecular formula is C8H24NOP2Si+. The van der Waals surface area contributed by atoms with Gasteiger partial charge in [-0.3, -0.25) is 4.21 Å². The van der Waals surface area contributed by atoms with E-state index in [4.69, 9.17) is 8.73 Å². The molecule has 0 heterocycles. The molecule has 2 nitrogen and oxygen atoms in total. The Morgan fingerprint density at radius 2 is 1.46 bits per heavy atom. The molecule has 5 heteroatoms. The van der Waals surface area contributed by atoms with E-state index in [9.17, 15) is 0 Å². The van der Waals surface area contributed by atoms with E-state index >= 15 is 0 Å². The van der Waals surface area contributed by atoms with Crippen LogP contribution in [0.25, 0.3) is 0 Å². The average molecular weight is 240 g/mol. The summed E-state index contributed by atoms with van der Waals surface area (Å²) in [4.78, 5) is 0. The van der Waals surface area contributed by atoms with Crippen LogP contribution in [0.1, 0.15) is 0 Å². The number of hydrogen-bond donors (Lipinski definition) is 0. The molecular weight excluding hydrogens is 216 g/mol. The summed E-state index contributed by atoms with van der Waals surface area (Å²) in [5, 5.41) is 0. The Kier molecular flexibility index (Phi) is 4.41. The topological polar surface area (TPSA) is 21.6 Å². The van der Waals surface area contributed by atoms with Crippen molar-refractivity contribution in [3.63, 3.8) is 0 Å². The molecule has 0 aliphatic rings. The SMILES string of the molecule is C[Si](C)(C)O[P+](C)(C)N=P(C)(C)C. The summed E-state index contributed by atoms with van der Waals surface area (Å²) in [7, 11) is -3.92. The van der Waals surface area contributed by atoms with Crippen molar-refractivity contribution in [3.8, 4) is 0 Å². The van der Waals surface area contributed by atoms with Gasteiger partial charge in [-0.25, -0.2) is 0 Å². The third kappa shape index (κ3) is 9.15. The van der Waals surface area contributed by atoms with Gasteiger partial charge in [-0.1, -0.05) is 0 Å². The number of rotatable bonds is 3. The molecule has 0 bridgehead atoms. The Bertz CT molecular complexity index is 219. The van der Waals surface area contributed by atoms with Gasteiger partial charge < -0.3 is 0 Å². The maximum atomic E-state index is 6.11.